The predicted octanol–water partition coefficient (Wildman–Crippen LogP) is 0.968. The second-order valence-corrected chi connectivity index (χ2v) is 5.97. The van der Waals surface area contributed by atoms with Gasteiger partial charge < -0.3 is 5.11 Å². The first-order valence-electron chi connectivity index (χ1n) is 5.39. The molecule has 0 aliphatic carbocycles. The molecule has 0 saturated heterocycles. The second-order valence-electron chi connectivity index (χ2n) is 3.96. The van der Waals surface area contributed by atoms with E-state index in [1.807, 2.05) is 0 Å². The van der Waals surface area contributed by atoms with Gasteiger partial charge in [-0.3, -0.25) is 14.9 Å². The maximum Gasteiger partial charge on any atom is 0.306 e. The number of benzene rings is 1. The van der Waals surface area contributed by atoms with Crippen LogP contribution in [-0.4, -0.2) is 42.3 Å². The highest BCUT2D eigenvalue weighted by Crippen LogP contribution is 2.26. The third-order valence-electron chi connectivity index (χ3n) is 2.53. The fourth-order valence-corrected chi connectivity index (χ4v) is 2.63. The Morgan fingerprint density at radius 3 is 2.43 bits per heavy atom. The van der Waals surface area contributed by atoms with E-state index >= 15 is 0 Å². The Bertz CT molecular complexity index is 691. The average Bonchev–Trinajstić information content (AvgIpc) is 2.34. The lowest BCUT2D eigenvalue weighted by Gasteiger charge is -2.16. The number of rotatable bonds is 6. The van der Waals surface area contributed by atoms with Gasteiger partial charge in [0.05, 0.1) is 11.3 Å². The molecule has 0 amide bonds. The van der Waals surface area contributed by atoms with Crippen molar-refractivity contribution < 1.29 is 32.0 Å². The Kier molecular flexibility index (Phi) is 4.91. The summed E-state index contributed by atoms with van der Waals surface area (Å²) < 4.78 is 51.2. The Morgan fingerprint density at radius 1 is 1.38 bits per heavy atom. The number of nitro groups is 1. The minimum absolute atomic E-state index is 0.0933. The largest absolute Gasteiger partial charge is 0.481 e. The highest BCUT2D eigenvalue weighted by molar-refractivity contribution is 7.89. The highest BCUT2D eigenvalue weighted by Gasteiger charge is 2.29. The lowest BCUT2D eigenvalue weighted by Crippen LogP contribution is -2.30. The molecule has 1 aromatic carbocycles. The molecule has 1 N–H and O–H groups in total. The minimum Gasteiger partial charge on any atom is -0.481 e. The number of aliphatic carboxylic acids is 1. The van der Waals surface area contributed by atoms with Gasteiger partial charge >= 0.3 is 11.7 Å². The van der Waals surface area contributed by atoms with E-state index in [2.05, 4.69) is 0 Å². The molecule has 0 atom stereocenters. The molecule has 11 heteroatoms. The highest BCUT2D eigenvalue weighted by atomic mass is 32.2. The normalized spacial score (nSPS) is 11.6. The summed E-state index contributed by atoms with van der Waals surface area (Å²) in [5, 5.41) is 19.0. The van der Waals surface area contributed by atoms with Crippen LogP contribution in [-0.2, 0) is 14.8 Å². The molecular formula is C10H10F2N2O6S. The van der Waals surface area contributed by atoms with Crippen LogP contribution in [0.5, 0.6) is 0 Å². The van der Waals surface area contributed by atoms with Gasteiger partial charge in [-0.1, -0.05) is 0 Å². The number of nitro benzene ring substituents is 1. The third-order valence-corrected chi connectivity index (χ3v) is 4.40. The first-order valence-corrected chi connectivity index (χ1v) is 6.83. The fourth-order valence-electron chi connectivity index (χ4n) is 1.40. The number of hydrogen-bond acceptors (Lipinski definition) is 5. The van der Waals surface area contributed by atoms with Gasteiger partial charge in [-0.2, -0.15) is 4.39 Å². The number of sulfonamides is 1. The number of nitrogens with zero attached hydrogens (tertiary/aromatic N) is 2. The molecule has 0 fully saturated rings. The van der Waals surface area contributed by atoms with Crippen molar-refractivity contribution >= 4 is 21.7 Å². The molecule has 21 heavy (non-hydrogen) atoms. The molecular weight excluding hydrogens is 314 g/mol. The van der Waals surface area contributed by atoms with Crippen LogP contribution in [0.3, 0.4) is 0 Å². The fraction of sp³-hybridized carbons (Fsp3) is 0.300. The lowest BCUT2D eigenvalue weighted by atomic mass is 10.3. The maximum atomic E-state index is 13.6. The molecule has 116 valence electrons. The number of carboxylic acids is 1. The zero-order valence-corrected chi connectivity index (χ0v) is 11.4. The Hall–Kier alpha value is -2.14. The van der Waals surface area contributed by atoms with Crippen molar-refractivity contribution in [3.63, 3.8) is 0 Å². The van der Waals surface area contributed by atoms with Crippen LogP contribution < -0.4 is 0 Å². The quantitative estimate of drug-likeness (QED) is 0.615. The first kappa shape index (κ1) is 16.9. The monoisotopic (exact) mass is 324 g/mol. The Morgan fingerprint density at radius 2 is 1.95 bits per heavy atom. The number of hydrogen-bond donors (Lipinski definition) is 1. The summed E-state index contributed by atoms with van der Waals surface area (Å²) in [5.74, 6) is -4.28. The van der Waals surface area contributed by atoms with Crippen LogP contribution in [0.15, 0.2) is 17.0 Å². The van der Waals surface area contributed by atoms with Crippen molar-refractivity contribution in [1.29, 1.82) is 0 Å². The first-order chi connectivity index (χ1) is 9.57. The van der Waals surface area contributed by atoms with E-state index in [0.29, 0.717) is 4.31 Å². The molecule has 0 radical (unpaired) electrons. The van der Waals surface area contributed by atoms with Gasteiger partial charge in [0, 0.05) is 25.7 Å². The van der Waals surface area contributed by atoms with E-state index in [0.717, 1.165) is 7.05 Å². The van der Waals surface area contributed by atoms with Gasteiger partial charge in [-0.15, -0.1) is 0 Å². The summed E-state index contributed by atoms with van der Waals surface area (Å²) in [4.78, 5) is 18.7. The zero-order valence-electron chi connectivity index (χ0n) is 10.6. The van der Waals surface area contributed by atoms with Gasteiger partial charge in [0.25, 0.3) is 0 Å². The van der Waals surface area contributed by atoms with Crippen molar-refractivity contribution in [3.8, 4) is 0 Å². The van der Waals surface area contributed by atoms with Crippen molar-refractivity contribution in [1.82, 2.24) is 4.31 Å². The molecule has 0 aromatic heterocycles. The second kappa shape index (κ2) is 6.10. The van der Waals surface area contributed by atoms with Gasteiger partial charge in [0.2, 0.25) is 15.8 Å². The summed E-state index contributed by atoms with van der Waals surface area (Å²) in [6, 6.07) is 0.354. The molecule has 0 aliphatic heterocycles. The molecule has 1 rings (SSSR count). The summed E-state index contributed by atoms with van der Waals surface area (Å²) in [6.07, 6.45) is -0.541. The molecule has 0 unspecified atom stereocenters. The zero-order chi connectivity index (χ0) is 16.4. The number of carboxylic acid groups (broad SMARTS) is 1. The van der Waals surface area contributed by atoms with Gasteiger partial charge in [0.1, 0.15) is 10.7 Å². The van der Waals surface area contributed by atoms with Crippen molar-refractivity contribution in [2.45, 2.75) is 11.3 Å². The molecule has 0 saturated carbocycles. The van der Waals surface area contributed by atoms with Crippen molar-refractivity contribution in [2.24, 2.45) is 0 Å². The topological polar surface area (TPSA) is 118 Å². The number of halogens is 2. The summed E-state index contributed by atoms with van der Waals surface area (Å²) in [6.45, 7) is -0.470. The van der Waals surface area contributed by atoms with E-state index < -0.39 is 56.1 Å². The number of carbonyl (C=O) groups is 1. The summed E-state index contributed by atoms with van der Waals surface area (Å²) >= 11 is 0. The molecule has 8 nitrogen and oxygen atoms in total. The van der Waals surface area contributed by atoms with E-state index in [9.17, 15) is 32.1 Å². The van der Waals surface area contributed by atoms with Gasteiger partial charge in [-0.05, 0) is 0 Å². The van der Waals surface area contributed by atoms with Crippen LogP contribution in [0, 0.1) is 21.7 Å². The lowest BCUT2D eigenvalue weighted by molar-refractivity contribution is -0.387. The van der Waals surface area contributed by atoms with Crippen molar-refractivity contribution in [3.05, 3.63) is 33.9 Å². The van der Waals surface area contributed by atoms with E-state index in [-0.39, 0.29) is 12.1 Å². The van der Waals surface area contributed by atoms with Crippen LogP contribution in [0.4, 0.5) is 14.5 Å². The standard InChI is InChI=1S/C10H10F2N2O6S/c1-13(3-2-10(15)16)21(19,20)9-5-8(14(17)18)6(11)4-7(9)12/h4-5H,2-3H2,1H3,(H,15,16). The van der Waals surface area contributed by atoms with Crippen LogP contribution in [0.1, 0.15) is 6.42 Å². The minimum atomic E-state index is -4.51. The Balaban J connectivity index is 3.28. The van der Waals surface area contributed by atoms with Crippen LogP contribution in [0.25, 0.3) is 0 Å². The van der Waals surface area contributed by atoms with Crippen molar-refractivity contribution in [2.75, 3.05) is 13.6 Å². The smallest absolute Gasteiger partial charge is 0.306 e. The maximum absolute atomic E-state index is 13.6. The van der Waals surface area contributed by atoms with E-state index in [1.54, 1.807) is 0 Å². The molecule has 0 bridgehead atoms. The molecule has 1 aromatic rings. The van der Waals surface area contributed by atoms with E-state index in [1.165, 1.54) is 0 Å². The van der Waals surface area contributed by atoms with Gasteiger partial charge in [-0.25, -0.2) is 17.1 Å². The Labute approximate surface area is 117 Å². The SMILES string of the molecule is CN(CCC(=O)O)S(=O)(=O)c1cc([N+](=O)[O-])c(F)cc1F. The average molecular weight is 324 g/mol. The molecule has 0 spiro atoms. The molecule has 0 aliphatic rings. The molecule has 0 heterocycles. The van der Waals surface area contributed by atoms with Crippen LogP contribution in [0.2, 0.25) is 0 Å². The summed E-state index contributed by atoms with van der Waals surface area (Å²) in [7, 11) is -3.54. The third kappa shape index (κ3) is 3.70. The van der Waals surface area contributed by atoms with Gasteiger partial charge in [0.15, 0.2) is 0 Å². The predicted molar refractivity (Wildman–Crippen MR) is 65.1 cm³/mol. The summed E-state index contributed by atoms with van der Waals surface area (Å²) in [5.41, 5.74) is -1.19. The van der Waals surface area contributed by atoms with E-state index in [4.69, 9.17) is 5.11 Å². The van der Waals surface area contributed by atoms with Crippen LogP contribution >= 0.6 is 0 Å².